The van der Waals surface area contributed by atoms with Crippen LogP contribution in [0.4, 0.5) is 0 Å². The molecule has 0 aliphatic heterocycles. The molecule has 4 heteroatoms. The minimum absolute atomic E-state index is 0.944. The first-order valence-corrected chi connectivity index (χ1v) is 16.5. The summed E-state index contributed by atoms with van der Waals surface area (Å²) in [5, 5.41) is 0. The van der Waals surface area contributed by atoms with Crippen molar-refractivity contribution in [2.45, 2.75) is 104 Å². The Bertz CT molecular complexity index is 1130. The van der Waals surface area contributed by atoms with Crippen LogP contribution in [0.25, 0.3) is 32.3 Å². The van der Waals surface area contributed by atoms with Crippen LogP contribution < -0.4 is 0 Å². The topological polar surface area (TPSA) is 25.8 Å². The molecule has 0 spiro atoms. The average molecular weight is 545 g/mol. The summed E-state index contributed by atoms with van der Waals surface area (Å²) >= 11 is 3.85. The molecule has 0 N–H and O–H groups in total. The van der Waals surface area contributed by atoms with Crippen molar-refractivity contribution in [1.29, 1.82) is 0 Å². The quantitative estimate of drug-likeness (QED) is 0.124. The van der Waals surface area contributed by atoms with Gasteiger partial charge in [0, 0.05) is 31.9 Å². The third-order valence-corrected chi connectivity index (χ3v) is 9.62. The van der Waals surface area contributed by atoms with Gasteiger partial charge in [-0.15, -0.1) is 22.7 Å². The van der Waals surface area contributed by atoms with Gasteiger partial charge in [0.05, 0.1) is 11.4 Å². The summed E-state index contributed by atoms with van der Waals surface area (Å²) in [6.45, 7) is 4.56. The molecule has 38 heavy (non-hydrogen) atoms. The van der Waals surface area contributed by atoms with Crippen molar-refractivity contribution in [3.63, 3.8) is 0 Å². The first-order chi connectivity index (χ1) is 18.8. The molecular formula is C34H44N2S2. The molecule has 0 bridgehead atoms. The number of unbranched alkanes of at least 4 members (excludes halogenated alkanes) is 10. The second kappa shape index (κ2) is 16.0. The van der Waals surface area contributed by atoms with Crippen molar-refractivity contribution in [2.24, 2.45) is 0 Å². The van der Waals surface area contributed by atoms with Gasteiger partial charge in [-0.25, -0.2) is 0 Å². The number of hydrogen-bond acceptors (Lipinski definition) is 4. The summed E-state index contributed by atoms with van der Waals surface area (Å²) in [5.74, 6) is 0. The molecule has 0 saturated heterocycles. The van der Waals surface area contributed by atoms with Crippen molar-refractivity contribution >= 4 is 22.7 Å². The van der Waals surface area contributed by atoms with E-state index in [0.717, 1.165) is 11.4 Å². The van der Waals surface area contributed by atoms with Crippen molar-refractivity contribution < 1.29 is 0 Å². The van der Waals surface area contributed by atoms with E-state index >= 15 is 0 Å². The van der Waals surface area contributed by atoms with E-state index in [1.54, 1.807) is 0 Å². The smallest absolute Gasteiger partial charge is 0.0892 e. The predicted octanol–water partition coefficient (Wildman–Crippen LogP) is 11.4. The van der Waals surface area contributed by atoms with Gasteiger partial charge in [0.25, 0.3) is 0 Å². The van der Waals surface area contributed by atoms with E-state index in [-0.39, 0.29) is 0 Å². The maximum Gasteiger partial charge on any atom is 0.0892 e. The van der Waals surface area contributed by atoms with E-state index in [4.69, 9.17) is 0 Å². The van der Waals surface area contributed by atoms with Crippen molar-refractivity contribution in [3.05, 3.63) is 70.7 Å². The molecule has 4 rings (SSSR count). The largest absolute Gasteiger partial charge is 0.255 e. The molecule has 4 aromatic rings. The van der Waals surface area contributed by atoms with Crippen LogP contribution in [-0.4, -0.2) is 9.97 Å². The van der Waals surface area contributed by atoms with E-state index in [0.29, 0.717) is 0 Å². The molecular weight excluding hydrogens is 501 g/mol. The Kier molecular flexibility index (Phi) is 12.1. The van der Waals surface area contributed by atoms with Gasteiger partial charge in [0.2, 0.25) is 0 Å². The van der Waals surface area contributed by atoms with Crippen LogP contribution in [0.15, 0.2) is 60.9 Å². The number of aryl methyl sites for hydroxylation is 2. The standard InChI is InChI=1S/C34H44N2S2/c1-3-5-7-9-11-13-15-29-17-19-33(37-29)27-21-23-35-31(25-27)32-26-28(22-24-36-32)34-20-18-30(38-34)16-14-12-10-8-6-4-2/h17-26H,3-16H2,1-2H3. The van der Waals surface area contributed by atoms with Crippen molar-refractivity contribution in [2.75, 3.05) is 0 Å². The first-order valence-electron chi connectivity index (χ1n) is 14.9. The normalized spacial score (nSPS) is 11.3. The SMILES string of the molecule is CCCCCCCCc1ccc(-c2ccnc(-c3cc(-c4ccc(CCCCCCCC)s4)ccn3)c2)s1. The van der Waals surface area contributed by atoms with E-state index in [1.165, 1.54) is 121 Å². The van der Waals surface area contributed by atoms with Crippen molar-refractivity contribution in [1.82, 2.24) is 9.97 Å². The van der Waals surface area contributed by atoms with Crippen LogP contribution in [0.5, 0.6) is 0 Å². The zero-order valence-electron chi connectivity index (χ0n) is 23.4. The molecule has 4 aromatic heterocycles. The van der Waals surface area contributed by atoms with Gasteiger partial charge in [0.15, 0.2) is 0 Å². The van der Waals surface area contributed by atoms with Crippen LogP contribution in [0.2, 0.25) is 0 Å². The van der Waals surface area contributed by atoms with Gasteiger partial charge in [0.1, 0.15) is 0 Å². The molecule has 0 radical (unpaired) electrons. The minimum atomic E-state index is 0.944. The summed E-state index contributed by atoms with van der Waals surface area (Å²) in [6.07, 6.45) is 22.4. The summed E-state index contributed by atoms with van der Waals surface area (Å²) < 4.78 is 0. The van der Waals surface area contributed by atoms with Crippen LogP contribution in [0.1, 0.15) is 101 Å². The maximum atomic E-state index is 4.68. The number of aromatic nitrogens is 2. The van der Waals surface area contributed by atoms with Crippen LogP contribution in [-0.2, 0) is 12.8 Å². The molecule has 0 atom stereocenters. The second-order valence-corrected chi connectivity index (χ2v) is 12.8. The Morgan fingerprint density at radius 3 is 1.37 bits per heavy atom. The van der Waals surface area contributed by atoms with Gasteiger partial charge < -0.3 is 0 Å². The lowest BCUT2D eigenvalue weighted by Gasteiger charge is -2.05. The lowest BCUT2D eigenvalue weighted by molar-refractivity contribution is 0.609. The Balaban J connectivity index is 1.36. The molecule has 0 unspecified atom stereocenters. The van der Waals surface area contributed by atoms with Crippen LogP contribution in [0, 0.1) is 0 Å². The fraction of sp³-hybridized carbons (Fsp3) is 0.471. The number of pyridine rings is 2. The lowest BCUT2D eigenvalue weighted by atomic mass is 10.1. The molecule has 0 amide bonds. The zero-order valence-corrected chi connectivity index (χ0v) is 25.0. The highest BCUT2D eigenvalue weighted by Crippen LogP contribution is 2.33. The molecule has 202 valence electrons. The summed E-state index contributed by atoms with van der Waals surface area (Å²) in [4.78, 5) is 15.0. The number of thiophene rings is 2. The van der Waals surface area contributed by atoms with Gasteiger partial charge in [-0.2, -0.15) is 0 Å². The van der Waals surface area contributed by atoms with Gasteiger partial charge in [-0.05, 0) is 85.3 Å². The Morgan fingerprint density at radius 1 is 0.500 bits per heavy atom. The highest BCUT2D eigenvalue weighted by Gasteiger charge is 2.10. The Morgan fingerprint density at radius 2 is 0.921 bits per heavy atom. The number of hydrogen-bond donors (Lipinski definition) is 0. The molecule has 4 heterocycles. The molecule has 2 nitrogen and oxygen atoms in total. The van der Waals surface area contributed by atoms with E-state index < -0.39 is 0 Å². The van der Waals surface area contributed by atoms with Gasteiger partial charge in [-0.3, -0.25) is 9.97 Å². The first kappa shape index (κ1) is 28.7. The van der Waals surface area contributed by atoms with Gasteiger partial charge in [-0.1, -0.05) is 78.1 Å². The third kappa shape index (κ3) is 8.88. The fourth-order valence-electron chi connectivity index (χ4n) is 4.94. The summed E-state index contributed by atoms with van der Waals surface area (Å²) in [7, 11) is 0. The Labute approximate surface area is 238 Å². The number of rotatable bonds is 17. The van der Waals surface area contributed by atoms with Gasteiger partial charge >= 0.3 is 0 Å². The predicted molar refractivity (Wildman–Crippen MR) is 168 cm³/mol. The highest BCUT2D eigenvalue weighted by molar-refractivity contribution is 7.15. The molecule has 0 aliphatic rings. The highest BCUT2D eigenvalue weighted by atomic mass is 32.1. The molecule has 0 aromatic carbocycles. The van der Waals surface area contributed by atoms with Crippen LogP contribution in [0.3, 0.4) is 0 Å². The summed E-state index contributed by atoms with van der Waals surface area (Å²) in [6, 6.07) is 17.8. The molecule has 0 aliphatic carbocycles. The fourth-order valence-corrected chi connectivity index (χ4v) is 7.03. The number of nitrogens with zero attached hydrogens (tertiary/aromatic N) is 2. The summed E-state index contributed by atoms with van der Waals surface area (Å²) in [5.41, 5.74) is 4.36. The second-order valence-electron chi connectivity index (χ2n) is 10.4. The van der Waals surface area contributed by atoms with E-state index in [2.05, 4.69) is 72.3 Å². The van der Waals surface area contributed by atoms with E-state index in [9.17, 15) is 0 Å². The lowest BCUT2D eigenvalue weighted by Crippen LogP contribution is -1.88. The Hall–Kier alpha value is -2.30. The van der Waals surface area contributed by atoms with Crippen molar-refractivity contribution in [3.8, 4) is 32.3 Å². The third-order valence-electron chi connectivity index (χ3n) is 7.23. The van der Waals surface area contributed by atoms with Crippen LogP contribution >= 0.6 is 22.7 Å². The monoisotopic (exact) mass is 544 g/mol. The zero-order chi connectivity index (χ0) is 26.4. The van der Waals surface area contributed by atoms with E-state index in [1.807, 2.05) is 35.1 Å². The maximum absolute atomic E-state index is 4.68. The minimum Gasteiger partial charge on any atom is -0.255 e. The average Bonchev–Trinajstić information content (AvgIpc) is 3.63. The molecule has 0 fully saturated rings. The molecule has 0 saturated carbocycles.